The third-order valence-corrected chi connectivity index (χ3v) is 4.20. The number of anilines is 1. The molecular weight excluding hydrogens is 214 g/mol. The fraction of sp³-hybridized carbons (Fsp3) is 0.615. The summed E-state index contributed by atoms with van der Waals surface area (Å²) in [5, 5.41) is 3.06. The van der Waals surface area contributed by atoms with Gasteiger partial charge >= 0.3 is 0 Å². The zero-order valence-electron chi connectivity index (χ0n) is 10.2. The third kappa shape index (κ3) is 1.92. The van der Waals surface area contributed by atoms with Gasteiger partial charge in [0.2, 0.25) is 0 Å². The fourth-order valence-corrected chi connectivity index (χ4v) is 2.75. The molecule has 2 saturated carbocycles. The molecule has 0 spiro atoms. The number of rotatable bonds is 4. The summed E-state index contributed by atoms with van der Waals surface area (Å²) in [6, 6.07) is 1.73. The quantitative estimate of drug-likeness (QED) is 0.828. The van der Waals surface area contributed by atoms with Gasteiger partial charge in [-0.1, -0.05) is 0 Å². The van der Waals surface area contributed by atoms with Crippen molar-refractivity contribution in [1.29, 1.82) is 0 Å². The highest BCUT2D eigenvalue weighted by molar-refractivity contribution is 5.93. The van der Waals surface area contributed by atoms with Crippen LogP contribution >= 0.6 is 0 Å². The first-order valence-corrected chi connectivity index (χ1v) is 6.31. The predicted molar refractivity (Wildman–Crippen MR) is 66.5 cm³/mol. The number of hydrogen-bond donors (Lipinski definition) is 2. The third-order valence-electron chi connectivity index (χ3n) is 4.20. The fourth-order valence-electron chi connectivity index (χ4n) is 2.75. The monoisotopic (exact) mass is 233 g/mol. The molecule has 1 heterocycles. The zero-order chi connectivity index (χ0) is 12.0. The Balaban J connectivity index is 1.62. The molecule has 3 rings (SSSR count). The van der Waals surface area contributed by atoms with E-state index in [0.717, 1.165) is 12.5 Å². The molecule has 0 radical (unpaired) electrons. The van der Waals surface area contributed by atoms with E-state index in [1.54, 1.807) is 16.8 Å². The van der Waals surface area contributed by atoms with Crippen molar-refractivity contribution in [3.05, 3.63) is 18.0 Å². The Bertz CT molecular complexity index is 455. The second kappa shape index (κ2) is 3.52. The van der Waals surface area contributed by atoms with Crippen LogP contribution in [0.2, 0.25) is 0 Å². The standard InChI is InChI=1S/C13H19N3O/c1-16-7-10(14)6-11(16)12(17)15-8-13(4-5-13)9-2-3-9/h6-7,9H,2-5,8,14H2,1H3,(H,15,17). The van der Waals surface area contributed by atoms with E-state index in [4.69, 9.17) is 5.73 Å². The molecule has 17 heavy (non-hydrogen) atoms. The summed E-state index contributed by atoms with van der Waals surface area (Å²) >= 11 is 0. The molecule has 4 nitrogen and oxygen atoms in total. The second-order valence-electron chi connectivity index (χ2n) is 5.59. The topological polar surface area (TPSA) is 60.0 Å². The Morgan fingerprint density at radius 2 is 2.29 bits per heavy atom. The molecule has 2 aliphatic carbocycles. The number of nitrogens with zero attached hydrogens (tertiary/aromatic N) is 1. The van der Waals surface area contributed by atoms with Crippen molar-refractivity contribution < 1.29 is 4.79 Å². The van der Waals surface area contributed by atoms with Gasteiger partial charge in [0.25, 0.3) is 5.91 Å². The molecule has 1 aromatic rings. The van der Waals surface area contributed by atoms with Crippen molar-refractivity contribution in [2.45, 2.75) is 25.7 Å². The molecule has 4 heteroatoms. The Labute approximate surface area is 101 Å². The van der Waals surface area contributed by atoms with Crippen molar-refractivity contribution in [2.75, 3.05) is 12.3 Å². The first-order chi connectivity index (χ1) is 8.11. The molecule has 0 saturated heterocycles. The maximum Gasteiger partial charge on any atom is 0.267 e. The Kier molecular flexibility index (Phi) is 2.21. The van der Waals surface area contributed by atoms with Gasteiger partial charge in [0.05, 0.1) is 5.69 Å². The summed E-state index contributed by atoms with van der Waals surface area (Å²) in [4.78, 5) is 12.0. The van der Waals surface area contributed by atoms with E-state index in [1.165, 1.54) is 25.7 Å². The molecule has 0 aromatic carbocycles. The van der Waals surface area contributed by atoms with E-state index in [9.17, 15) is 4.79 Å². The second-order valence-corrected chi connectivity index (χ2v) is 5.59. The number of nitrogens with two attached hydrogens (primary N) is 1. The number of carbonyl (C=O) groups excluding carboxylic acids is 1. The van der Waals surface area contributed by atoms with Crippen LogP contribution in [0.4, 0.5) is 5.69 Å². The van der Waals surface area contributed by atoms with Gasteiger partial charge in [0, 0.05) is 19.8 Å². The lowest BCUT2D eigenvalue weighted by Gasteiger charge is -2.15. The van der Waals surface area contributed by atoms with Gasteiger partial charge in [-0.15, -0.1) is 0 Å². The largest absolute Gasteiger partial charge is 0.397 e. The lowest BCUT2D eigenvalue weighted by atomic mass is 10.0. The van der Waals surface area contributed by atoms with Gasteiger partial charge in [-0.2, -0.15) is 0 Å². The van der Waals surface area contributed by atoms with Gasteiger partial charge in [0.1, 0.15) is 5.69 Å². The summed E-state index contributed by atoms with van der Waals surface area (Å²) in [6.45, 7) is 0.835. The minimum Gasteiger partial charge on any atom is -0.397 e. The van der Waals surface area contributed by atoms with Crippen LogP contribution in [-0.4, -0.2) is 17.0 Å². The van der Waals surface area contributed by atoms with Gasteiger partial charge in [-0.3, -0.25) is 4.79 Å². The molecular formula is C13H19N3O. The van der Waals surface area contributed by atoms with Crippen LogP contribution < -0.4 is 11.1 Å². The molecule has 0 bridgehead atoms. The average Bonchev–Trinajstić information content (AvgIpc) is 3.13. The lowest BCUT2D eigenvalue weighted by Crippen LogP contribution is -2.32. The van der Waals surface area contributed by atoms with E-state index in [1.807, 2.05) is 7.05 Å². The number of aromatic nitrogens is 1. The first-order valence-electron chi connectivity index (χ1n) is 6.31. The number of nitrogens with one attached hydrogen (secondary N) is 1. The van der Waals surface area contributed by atoms with Gasteiger partial charge in [-0.05, 0) is 43.1 Å². The minimum atomic E-state index is -0.00359. The van der Waals surface area contributed by atoms with Crippen molar-refractivity contribution in [3.8, 4) is 0 Å². The van der Waals surface area contributed by atoms with E-state index in [2.05, 4.69) is 5.32 Å². The highest BCUT2D eigenvalue weighted by Gasteiger charge is 2.53. The van der Waals surface area contributed by atoms with Gasteiger partial charge in [-0.25, -0.2) is 0 Å². The predicted octanol–water partition coefficient (Wildman–Crippen LogP) is 1.53. The average molecular weight is 233 g/mol. The number of nitrogen functional groups attached to an aromatic ring is 1. The van der Waals surface area contributed by atoms with Crippen LogP contribution in [0.15, 0.2) is 12.3 Å². The highest BCUT2D eigenvalue weighted by atomic mass is 16.1. The van der Waals surface area contributed by atoms with Crippen molar-refractivity contribution in [3.63, 3.8) is 0 Å². The summed E-state index contributed by atoms with van der Waals surface area (Å²) in [5.41, 5.74) is 7.41. The summed E-state index contributed by atoms with van der Waals surface area (Å²) in [6.07, 6.45) is 7.04. The van der Waals surface area contributed by atoms with E-state index >= 15 is 0 Å². The SMILES string of the molecule is Cn1cc(N)cc1C(=O)NCC1(C2CC2)CC1. The molecule has 92 valence electrons. The summed E-state index contributed by atoms with van der Waals surface area (Å²) in [7, 11) is 1.85. The van der Waals surface area contributed by atoms with E-state index in [-0.39, 0.29) is 5.91 Å². The van der Waals surface area contributed by atoms with Crippen LogP contribution in [0.3, 0.4) is 0 Å². The molecule has 1 aromatic heterocycles. The van der Waals surface area contributed by atoms with E-state index < -0.39 is 0 Å². The Morgan fingerprint density at radius 3 is 2.76 bits per heavy atom. The molecule has 1 amide bonds. The highest BCUT2D eigenvalue weighted by Crippen LogP contribution is 2.60. The number of aryl methyl sites for hydroxylation is 1. The zero-order valence-corrected chi connectivity index (χ0v) is 10.2. The van der Waals surface area contributed by atoms with Crippen molar-refractivity contribution >= 4 is 11.6 Å². The molecule has 0 unspecified atom stereocenters. The van der Waals surface area contributed by atoms with Gasteiger partial charge in [0.15, 0.2) is 0 Å². The molecule has 2 aliphatic rings. The Morgan fingerprint density at radius 1 is 1.59 bits per heavy atom. The molecule has 0 atom stereocenters. The summed E-state index contributed by atoms with van der Waals surface area (Å²) < 4.78 is 1.78. The Hall–Kier alpha value is -1.45. The normalized spacial score (nSPS) is 21.2. The first kappa shape index (κ1) is 10.7. The van der Waals surface area contributed by atoms with Crippen LogP contribution in [0, 0.1) is 11.3 Å². The maximum atomic E-state index is 12.0. The van der Waals surface area contributed by atoms with Gasteiger partial charge < -0.3 is 15.6 Å². The lowest BCUT2D eigenvalue weighted by molar-refractivity contribution is 0.0934. The summed E-state index contributed by atoms with van der Waals surface area (Å²) in [5.74, 6) is 0.873. The van der Waals surface area contributed by atoms with Crippen molar-refractivity contribution in [1.82, 2.24) is 9.88 Å². The van der Waals surface area contributed by atoms with E-state index in [0.29, 0.717) is 16.8 Å². The minimum absolute atomic E-state index is 0.00359. The smallest absolute Gasteiger partial charge is 0.267 e. The molecule has 2 fully saturated rings. The van der Waals surface area contributed by atoms with Crippen LogP contribution in [-0.2, 0) is 7.05 Å². The number of carbonyl (C=O) groups is 1. The maximum absolute atomic E-state index is 12.0. The van der Waals surface area contributed by atoms with Crippen LogP contribution in [0.25, 0.3) is 0 Å². The van der Waals surface area contributed by atoms with Crippen LogP contribution in [0.5, 0.6) is 0 Å². The molecule has 0 aliphatic heterocycles. The van der Waals surface area contributed by atoms with Crippen LogP contribution in [0.1, 0.15) is 36.2 Å². The number of amides is 1. The van der Waals surface area contributed by atoms with Crippen molar-refractivity contribution in [2.24, 2.45) is 18.4 Å². The molecule has 3 N–H and O–H groups in total. The number of hydrogen-bond acceptors (Lipinski definition) is 2.